The molecule has 0 radical (unpaired) electrons. The first-order valence-electron chi connectivity index (χ1n) is 26.2. The Morgan fingerprint density at radius 2 is 1.42 bits per heavy atom. The number of H-pyrrole nitrogens is 2. The molecule has 0 spiro atoms. The summed E-state index contributed by atoms with van der Waals surface area (Å²) in [4.78, 5) is 79.8. The van der Waals surface area contributed by atoms with Crippen LogP contribution in [0, 0.1) is 18.8 Å². The van der Waals surface area contributed by atoms with Gasteiger partial charge in [0.2, 0.25) is 18.0 Å². The van der Waals surface area contributed by atoms with Crippen molar-refractivity contribution in [2.75, 3.05) is 27.3 Å². The van der Waals surface area contributed by atoms with Gasteiger partial charge in [0.25, 0.3) is 0 Å². The van der Waals surface area contributed by atoms with E-state index in [4.69, 9.17) is 33.9 Å². The number of hydrogen-bond donors (Lipinski definition) is 4. The van der Waals surface area contributed by atoms with Gasteiger partial charge in [-0.05, 0) is 120 Å². The number of nitrogens with zero attached hydrogens (tertiary/aromatic N) is 6. The maximum Gasteiger partial charge on any atom is 0.407 e. The van der Waals surface area contributed by atoms with Crippen molar-refractivity contribution < 1.29 is 38.1 Å². The quantitative estimate of drug-likeness (QED) is 0.0906. The second-order valence-corrected chi connectivity index (χ2v) is 22.3. The number of carbonyl (C=O) groups excluding carboxylic acids is 4. The van der Waals surface area contributed by atoms with E-state index >= 15 is 0 Å². The largest absolute Gasteiger partial charge is 0.464 e. The lowest BCUT2D eigenvalue weighted by Crippen LogP contribution is -2.54. The van der Waals surface area contributed by atoms with E-state index in [1.807, 2.05) is 56.1 Å². The second-order valence-electron chi connectivity index (χ2n) is 21.2. The van der Waals surface area contributed by atoms with Gasteiger partial charge in [-0.3, -0.25) is 14.2 Å². The number of likely N-dealkylation sites (tertiary alicyclic amines) is 2. The predicted octanol–water partition coefficient (Wildman–Crippen LogP) is 9.70. The Hall–Kier alpha value is -6.73. The van der Waals surface area contributed by atoms with Gasteiger partial charge in [0, 0.05) is 47.3 Å². The molecular weight excluding hydrogens is 961 g/mol. The first kappa shape index (κ1) is 49.5. The van der Waals surface area contributed by atoms with Gasteiger partial charge < -0.3 is 49.3 Å². The molecule has 11 rings (SSSR count). The highest BCUT2D eigenvalue weighted by Gasteiger charge is 2.43. The minimum Gasteiger partial charge on any atom is -0.464 e. The molecule has 4 N–H and O–H groups in total. The summed E-state index contributed by atoms with van der Waals surface area (Å²) in [5, 5.41) is 7.81. The van der Waals surface area contributed by atoms with Gasteiger partial charge in [0.1, 0.15) is 29.5 Å². The van der Waals surface area contributed by atoms with Crippen LogP contribution in [0.1, 0.15) is 137 Å². The minimum absolute atomic E-state index is 0.0339. The number of ether oxygens (including phenoxy) is 4. The Bertz CT molecular complexity index is 3090. The molecule has 6 aromatic rings. The van der Waals surface area contributed by atoms with Crippen molar-refractivity contribution in [3.05, 3.63) is 82.1 Å². The first-order chi connectivity index (χ1) is 35.8. The van der Waals surface area contributed by atoms with Gasteiger partial charge in [-0.2, -0.15) is 0 Å². The van der Waals surface area contributed by atoms with Gasteiger partial charge >= 0.3 is 12.2 Å². The zero-order valence-electron chi connectivity index (χ0n) is 43.1. The van der Waals surface area contributed by atoms with Crippen molar-refractivity contribution in [3.63, 3.8) is 0 Å². The van der Waals surface area contributed by atoms with Gasteiger partial charge in [-0.25, -0.2) is 24.5 Å². The van der Waals surface area contributed by atoms with Crippen molar-refractivity contribution in [2.24, 2.45) is 11.8 Å². The number of benzene rings is 2. The Balaban J connectivity index is 0.897. The fourth-order valence-corrected chi connectivity index (χ4v) is 13.2. The Morgan fingerprint density at radius 1 is 0.770 bits per heavy atom. The number of imidazole rings is 2. The summed E-state index contributed by atoms with van der Waals surface area (Å²) in [7, 11) is 2.61. The first-order valence-corrected chi connectivity index (χ1v) is 27.1. The number of hydrogen-bond acceptors (Lipinski definition) is 12. The average Bonchev–Trinajstić information content (AvgIpc) is 4.23. The van der Waals surface area contributed by atoms with E-state index in [9.17, 15) is 19.2 Å². The Kier molecular flexibility index (Phi) is 13.5. The molecule has 3 saturated heterocycles. The van der Waals surface area contributed by atoms with Crippen molar-refractivity contribution in [1.29, 1.82) is 0 Å². The fourth-order valence-electron chi connectivity index (χ4n) is 12.1. The van der Waals surface area contributed by atoms with Crippen molar-refractivity contribution in [2.45, 2.75) is 141 Å². The second kappa shape index (κ2) is 20.2. The van der Waals surface area contributed by atoms with Crippen LogP contribution in [-0.4, -0.2) is 115 Å². The number of methoxy groups -OCH3 is 2. The molecule has 5 aliphatic rings. The number of aryl methyl sites for hydroxylation is 1. The fraction of sp³-hybridized carbons (Fsp3) is 0.509. The van der Waals surface area contributed by atoms with Crippen LogP contribution in [0.5, 0.6) is 5.75 Å². The van der Waals surface area contributed by atoms with Gasteiger partial charge in [-0.15, -0.1) is 11.3 Å². The summed E-state index contributed by atoms with van der Waals surface area (Å²) in [6, 6.07) is 10.9. The summed E-state index contributed by atoms with van der Waals surface area (Å²) >= 11 is 1.73. The van der Waals surface area contributed by atoms with Crippen molar-refractivity contribution in [1.82, 2.24) is 49.9 Å². The Labute approximate surface area is 434 Å². The number of alkyl carbamates (subject to hydrolysis) is 2. The van der Waals surface area contributed by atoms with E-state index in [-0.39, 0.29) is 47.9 Å². The molecule has 0 bridgehead atoms. The molecule has 390 valence electrons. The molecule has 74 heavy (non-hydrogen) atoms. The van der Waals surface area contributed by atoms with Crippen LogP contribution in [0.3, 0.4) is 0 Å². The molecule has 4 aromatic heterocycles. The number of amides is 4. The molecule has 4 fully saturated rings. The zero-order valence-corrected chi connectivity index (χ0v) is 43.9. The number of rotatable bonds is 12. The van der Waals surface area contributed by atoms with Crippen LogP contribution in [0.4, 0.5) is 9.59 Å². The monoisotopic (exact) mass is 1030 g/mol. The standard InChI is InChI=1S/C55H66N10O8S/c1-28(2)46(61-54(68)70-6)51(66)63-17-9-13-40(63)49-57-26-38(60-49)34-19-29(3)45-42-23-35-22-33(15-16-39(35)65(42)53(73-43(45)24-34)44-27-58-50(74-44)32-11-8-12-32)37-25-56-48(59-37)41-14-10-18-64(41)52(67)47(62-55(69)71-7)36-20-30(4)72-31(5)21-36/h15-16,19,22-28,30-32,36,40-41,46-47,53H,8-14,17-18,20-21H2,1-7H3,(H,56,59)(H,57,60)(H,61,68)(H,62,69)/t30-,31+,36?,40-,41-,46-,47-,53?/m0/s1. The molecule has 2 unspecified atom stereocenters. The number of aromatic nitrogens is 6. The molecule has 19 heteroatoms. The normalized spacial score (nSPS) is 23.5. The maximum absolute atomic E-state index is 14.5. The smallest absolute Gasteiger partial charge is 0.407 e. The van der Waals surface area contributed by atoms with Crippen molar-refractivity contribution in [3.8, 4) is 39.5 Å². The lowest BCUT2D eigenvalue weighted by atomic mass is 9.85. The van der Waals surface area contributed by atoms with E-state index in [0.717, 1.165) is 104 Å². The van der Waals surface area contributed by atoms with Gasteiger partial charge in [0.15, 0.2) is 0 Å². The average molecular weight is 1030 g/mol. The molecule has 1 saturated carbocycles. The SMILES string of the molecule is COC(=O)N[C@H](C(=O)N1CCC[C@H]1c1ncc(-c2cc(C)c3c(c2)OC(c2cnc(C4CCC4)s2)n2c-3cc3cc(-c4cnc([C@@H]5CCCN5C(=O)[C@@H](NC(=O)OC)C5C[C@@H](C)O[C@@H](C)C5)[nH]4)ccc32)[nH]1)C(C)C. The number of aromatic amines is 2. The molecule has 8 heterocycles. The number of thiazole rings is 1. The predicted molar refractivity (Wildman–Crippen MR) is 278 cm³/mol. The van der Waals surface area contributed by atoms with Crippen LogP contribution in [0.25, 0.3) is 44.7 Å². The molecule has 8 atom stereocenters. The number of fused-ring (bicyclic) bond motifs is 5. The highest BCUT2D eigenvalue weighted by atomic mass is 32.1. The highest BCUT2D eigenvalue weighted by molar-refractivity contribution is 7.11. The van der Waals surface area contributed by atoms with Gasteiger partial charge in [0.05, 0.1) is 83.4 Å². The molecule has 1 aliphatic carbocycles. The summed E-state index contributed by atoms with van der Waals surface area (Å²) < 4.78 is 25.3. The number of carbonyl (C=O) groups is 4. The lowest BCUT2D eigenvalue weighted by molar-refractivity contribution is -0.138. The van der Waals surface area contributed by atoms with Crippen LogP contribution < -0.4 is 15.4 Å². The topological polar surface area (TPSA) is 211 Å². The van der Waals surface area contributed by atoms with Crippen molar-refractivity contribution >= 4 is 46.2 Å². The summed E-state index contributed by atoms with van der Waals surface area (Å²) in [5.74, 6) is 2.11. The van der Waals surface area contributed by atoms with E-state index in [1.54, 1.807) is 11.3 Å². The van der Waals surface area contributed by atoms with E-state index in [1.165, 1.54) is 20.6 Å². The minimum atomic E-state index is -0.745. The number of nitrogens with one attached hydrogen (secondary N) is 4. The zero-order chi connectivity index (χ0) is 51.5. The third-order valence-electron chi connectivity index (χ3n) is 15.9. The summed E-state index contributed by atoms with van der Waals surface area (Å²) in [6.45, 7) is 11.1. The van der Waals surface area contributed by atoms with Crippen LogP contribution in [0.15, 0.2) is 55.0 Å². The molecular formula is C55H66N10O8S. The third kappa shape index (κ3) is 9.19. The van der Waals surface area contributed by atoms with E-state index in [2.05, 4.69) is 68.5 Å². The lowest BCUT2D eigenvalue weighted by Gasteiger charge is -2.38. The molecule has 2 aromatic carbocycles. The van der Waals surface area contributed by atoms with Crippen LogP contribution >= 0.6 is 11.3 Å². The van der Waals surface area contributed by atoms with E-state index < -0.39 is 30.5 Å². The summed E-state index contributed by atoms with van der Waals surface area (Å²) in [5.41, 5.74) is 7.59. The van der Waals surface area contributed by atoms with Crippen LogP contribution in [0.2, 0.25) is 0 Å². The van der Waals surface area contributed by atoms with Gasteiger partial charge in [-0.1, -0.05) is 26.3 Å². The molecule has 18 nitrogen and oxygen atoms in total. The Morgan fingerprint density at radius 3 is 2.05 bits per heavy atom. The maximum atomic E-state index is 14.5. The van der Waals surface area contributed by atoms with E-state index in [0.29, 0.717) is 43.5 Å². The van der Waals surface area contributed by atoms with Crippen LogP contribution in [-0.2, 0) is 23.8 Å². The highest BCUT2D eigenvalue weighted by Crippen LogP contribution is 2.50. The molecule has 4 aliphatic heterocycles. The third-order valence-corrected chi connectivity index (χ3v) is 17.1. The molecule has 4 amide bonds. The summed E-state index contributed by atoms with van der Waals surface area (Å²) in [6.07, 6.45) is 11.8.